The standard InChI is InChI=1S/C21H26N2O3/c1-2-25-19-13-7-6-12-18(19)23-21(24)20(16-9-4-3-5-10-16)22-15-17-11-8-14-26-17/h3-7,9-10,12-13,17,20,22H,2,8,11,14-15H2,1H3,(H,23,24)/t17-,20-/m0/s1. The van der Waals surface area contributed by atoms with Crippen LogP contribution >= 0.6 is 0 Å². The second-order valence-corrected chi connectivity index (χ2v) is 6.31. The summed E-state index contributed by atoms with van der Waals surface area (Å²) < 4.78 is 11.3. The van der Waals surface area contributed by atoms with Gasteiger partial charge in [0.1, 0.15) is 11.8 Å². The van der Waals surface area contributed by atoms with Crippen LogP contribution in [-0.4, -0.2) is 31.8 Å². The van der Waals surface area contributed by atoms with Gasteiger partial charge in [-0.3, -0.25) is 10.1 Å². The van der Waals surface area contributed by atoms with Gasteiger partial charge in [-0.1, -0.05) is 42.5 Å². The lowest BCUT2D eigenvalue weighted by Gasteiger charge is -2.21. The van der Waals surface area contributed by atoms with Gasteiger partial charge in [-0.15, -0.1) is 0 Å². The number of hydrogen-bond donors (Lipinski definition) is 2. The van der Waals surface area contributed by atoms with E-state index in [2.05, 4.69) is 10.6 Å². The Balaban J connectivity index is 1.74. The van der Waals surface area contributed by atoms with Crippen LogP contribution in [0.15, 0.2) is 54.6 Å². The van der Waals surface area contributed by atoms with Gasteiger partial charge in [0.25, 0.3) is 0 Å². The van der Waals surface area contributed by atoms with Gasteiger partial charge in [-0.05, 0) is 37.5 Å². The fraction of sp³-hybridized carbons (Fsp3) is 0.381. The molecule has 1 aliphatic heterocycles. The number of nitrogens with one attached hydrogen (secondary N) is 2. The predicted molar refractivity (Wildman–Crippen MR) is 102 cm³/mol. The van der Waals surface area contributed by atoms with Crippen LogP contribution in [0, 0.1) is 0 Å². The van der Waals surface area contributed by atoms with Gasteiger partial charge in [0, 0.05) is 13.2 Å². The van der Waals surface area contributed by atoms with Gasteiger partial charge in [0.05, 0.1) is 18.4 Å². The molecule has 0 radical (unpaired) electrons. The van der Waals surface area contributed by atoms with Crippen molar-refractivity contribution in [3.05, 3.63) is 60.2 Å². The molecule has 2 N–H and O–H groups in total. The fourth-order valence-electron chi connectivity index (χ4n) is 3.12. The molecule has 26 heavy (non-hydrogen) atoms. The lowest BCUT2D eigenvalue weighted by molar-refractivity contribution is -0.118. The molecule has 5 heteroatoms. The van der Waals surface area contributed by atoms with E-state index in [4.69, 9.17) is 9.47 Å². The van der Waals surface area contributed by atoms with E-state index in [1.807, 2.05) is 61.5 Å². The molecule has 5 nitrogen and oxygen atoms in total. The lowest BCUT2D eigenvalue weighted by atomic mass is 10.1. The molecule has 138 valence electrons. The summed E-state index contributed by atoms with van der Waals surface area (Å²) in [6, 6.07) is 16.8. The van der Waals surface area contributed by atoms with Gasteiger partial charge in [0.2, 0.25) is 5.91 Å². The van der Waals surface area contributed by atoms with E-state index in [-0.39, 0.29) is 12.0 Å². The highest BCUT2D eigenvalue weighted by Crippen LogP contribution is 2.25. The quantitative estimate of drug-likeness (QED) is 0.761. The summed E-state index contributed by atoms with van der Waals surface area (Å²) in [5.41, 5.74) is 1.61. The van der Waals surface area contributed by atoms with E-state index in [1.165, 1.54) is 0 Å². The highest BCUT2D eigenvalue weighted by Gasteiger charge is 2.24. The largest absolute Gasteiger partial charge is 0.492 e. The van der Waals surface area contributed by atoms with Gasteiger partial charge in [-0.2, -0.15) is 0 Å². The van der Waals surface area contributed by atoms with E-state index in [0.717, 1.165) is 25.0 Å². The van der Waals surface area contributed by atoms with E-state index in [0.29, 0.717) is 24.6 Å². The molecule has 2 aromatic carbocycles. The number of carbonyl (C=O) groups excluding carboxylic acids is 1. The first kappa shape index (κ1) is 18.4. The molecule has 1 aliphatic rings. The molecule has 0 aliphatic carbocycles. The number of carbonyl (C=O) groups is 1. The van der Waals surface area contributed by atoms with Crippen LogP contribution in [0.4, 0.5) is 5.69 Å². The summed E-state index contributed by atoms with van der Waals surface area (Å²) in [5, 5.41) is 6.37. The average Bonchev–Trinajstić information content (AvgIpc) is 3.18. The molecular weight excluding hydrogens is 328 g/mol. The zero-order valence-corrected chi connectivity index (χ0v) is 15.1. The monoisotopic (exact) mass is 354 g/mol. The Morgan fingerprint density at radius 3 is 2.69 bits per heavy atom. The fourth-order valence-corrected chi connectivity index (χ4v) is 3.12. The molecule has 2 atom stereocenters. The summed E-state index contributed by atoms with van der Waals surface area (Å²) in [5.74, 6) is 0.565. The maximum absolute atomic E-state index is 13.0. The van der Waals surface area contributed by atoms with Crippen LogP contribution in [0.2, 0.25) is 0 Å². The lowest BCUT2D eigenvalue weighted by Crippen LogP contribution is -2.37. The Kier molecular flexibility index (Phi) is 6.63. The van der Waals surface area contributed by atoms with E-state index in [1.54, 1.807) is 0 Å². The number of benzene rings is 2. The number of amides is 1. The maximum Gasteiger partial charge on any atom is 0.246 e. The predicted octanol–water partition coefficient (Wildman–Crippen LogP) is 3.53. The molecule has 2 aromatic rings. The van der Waals surface area contributed by atoms with Crippen molar-refractivity contribution >= 4 is 11.6 Å². The second kappa shape index (κ2) is 9.36. The summed E-state index contributed by atoms with van der Waals surface area (Å²) in [6.07, 6.45) is 2.28. The van der Waals surface area contributed by atoms with Crippen LogP contribution in [0.25, 0.3) is 0 Å². The van der Waals surface area contributed by atoms with Crippen molar-refractivity contribution in [2.24, 2.45) is 0 Å². The van der Waals surface area contributed by atoms with Crippen molar-refractivity contribution in [2.75, 3.05) is 25.1 Å². The van der Waals surface area contributed by atoms with Gasteiger partial charge in [0.15, 0.2) is 0 Å². The third kappa shape index (κ3) is 4.84. The summed E-state index contributed by atoms with van der Waals surface area (Å²) >= 11 is 0. The van der Waals surface area contributed by atoms with Crippen molar-refractivity contribution in [2.45, 2.75) is 31.9 Å². The van der Waals surface area contributed by atoms with Crippen LogP contribution in [0.1, 0.15) is 31.4 Å². The summed E-state index contributed by atoms with van der Waals surface area (Å²) in [6.45, 7) is 3.93. The van der Waals surface area contributed by atoms with Crippen molar-refractivity contribution in [3.63, 3.8) is 0 Å². The number of ether oxygens (including phenoxy) is 2. The van der Waals surface area contributed by atoms with Gasteiger partial charge >= 0.3 is 0 Å². The number of para-hydroxylation sites is 2. The third-order valence-electron chi connectivity index (χ3n) is 4.41. The molecule has 3 rings (SSSR count). The molecular formula is C21H26N2O3. The van der Waals surface area contributed by atoms with Crippen molar-refractivity contribution in [1.82, 2.24) is 5.32 Å². The van der Waals surface area contributed by atoms with Crippen molar-refractivity contribution in [1.29, 1.82) is 0 Å². The van der Waals surface area contributed by atoms with Crippen molar-refractivity contribution in [3.8, 4) is 5.75 Å². The minimum Gasteiger partial charge on any atom is -0.492 e. The number of hydrogen-bond acceptors (Lipinski definition) is 4. The molecule has 1 saturated heterocycles. The molecule has 1 amide bonds. The van der Waals surface area contributed by atoms with Crippen LogP contribution in [0.5, 0.6) is 5.75 Å². The number of rotatable bonds is 8. The summed E-state index contributed by atoms with van der Waals surface area (Å²) in [7, 11) is 0. The Morgan fingerprint density at radius 2 is 1.96 bits per heavy atom. The smallest absolute Gasteiger partial charge is 0.246 e. The Morgan fingerprint density at radius 1 is 1.19 bits per heavy atom. The van der Waals surface area contributed by atoms with E-state index in [9.17, 15) is 4.79 Å². The first-order valence-corrected chi connectivity index (χ1v) is 9.20. The topological polar surface area (TPSA) is 59.6 Å². The second-order valence-electron chi connectivity index (χ2n) is 6.31. The average molecular weight is 354 g/mol. The molecule has 1 heterocycles. The Hall–Kier alpha value is -2.37. The van der Waals surface area contributed by atoms with E-state index < -0.39 is 6.04 Å². The van der Waals surface area contributed by atoms with Gasteiger partial charge in [-0.25, -0.2) is 0 Å². The molecule has 0 saturated carbocycles. The molecule has 0 unspecified atom stereocenters. The third-order valence-corrected chi connectivity index (χ3v) is 4.41. The minimum atomic E-state index is -0.449. The maximum atomic E-state index is 13.0. The number of anilines is 1. The Labute approximate surface area is 154 Å². The SMILES string of the molecule is CCOc1ccccc1NC(=O)[C@@H](NC[C@@H]1CCCO1)c1ccccc1. The molecule has 0 spiro atoms. The molecule has 1 fully saturated rings. The zero-order valence-electron chi connectivity index (χ0n) is 15.1. The normalized spacial score (nSPS) is 17.7. The van der Waals surface area contributed by atoms with Crippen LogP contribution in [0.3, 0.4) is 0 Å². The highest BCUT2D eigenvalue weighted by molar-refractivity contribution is 5.96. The van der Waals surface area contributed by atoms with Crippen LogP contribution in [-0.2, 0) is 9.53 Å². The minimum absolute atomic E-state index is 0.110. The van der Waals surface area contributed by atoms with Crippen LogP contribution < -0.4 is 15.4 Å². The summed E-state index contributed by atoms with van der Waals surface area (Å²) in [4.78, 5) is 13.0. The van der Waals surface area contributed by atoms with Gasteiger partial charge < -0.3 is 14.8 Å². The zero-order chi connectivity index (χ0) is 18.2. The highest BCUT2D eigenvalue weighted by atomic mass is 16.5. The molecule has 0 bridgehead atoms. The van der Waals surface area contributed by atoms with E-state index >= 15 is 0 Å². The first-order chi connectivity index (χ1) is 12.8. The van der Waals surface area contributed by atoms with Crippen molar-refractivity contribution < 1.29 is 14.3 Å². The first-order valence-electron chi connectivity index (χ1n) is 9.20. The Bertz CT molecular complexity index is 699. The molecule has 0 aromatic heterocycles.